The maximum absolute atomic E-state index is 14.9. The average molecular weight is 723 g/mol. The van der Waals surface area contributed by atoms with E-state index in [-0.39, 0.29) is 43.2 Å². The minimum Gasteiger partial charge on any atom is -0.455 e. The number of allylic oxidation sites excluding steroid dienone is 1. The van der Waals surface area contributed by atoms with Crippen molar-refractivity contribution in [1.29, 1.82) is 0 Å². The summed E-state index contributed by atoms with van der Waals surface area (Å²) in [6, 6.07) is 7.09. The van der Waals surface area contributed by atoms with Gasteiger partial charge in [-0.1, -0.05) is 62.8 Å². The summed E-state index contributed by atoms with van der Waals surface area (Å²) < 4.78 is 18.6. The quantitative estimate of drug-likeness (QED) is 0.180. The Hall–Kier alpha value is -3.58. The average Bonchev–Trinajstić information content (AvgIpc) is 3.82. The zero-order chi connectivity index (χ0) is 37.6. The van der Waals surface area contributed by atoms with Crippen LogP contribution < -0.4 is 0 Å². The third-order valence-corrected chi connectivity index (χ3v) is 11.9. The maximum atomic E-state index is 14.9. The summed E-state index contributed by atoms with van der Waals surface area (Å²) in [4.78, 5) is 64.4. The van der Waals surface area contributed by atoms with Gasteiger partial charge in [0.15, 0.2) is 0 Å². The molecule has 286 valence electrons. The molecular weight excluding hydrogens is 664 g/mol. The molecule has 0 radical (unpaired) electrons. The Bertz CT molecular complexity index is 1440. The van der Waals surface area contributed by atoms with E-state index in [1.165, 1.54) is 0 Å². The lowest BCUT2D eigenvalue weighted by molar-refractivity contribution is -0.165. The minimum absolute atomic E-state index is 0.104. The molecule has 0 aromatic heterocycles. The molecular formula is C40H58N4O8. The number of fused-ring (bicyclic) bond motifs is 1. The molecule has 12 heteroatoms. The highest BCUT2D eigenvalue weighted by molar-refractivity contribution is 5.98. The van der Waals surface area contributed by atoms with Crippen LogP contribution in [0.15, 0.2) is 55.6 Å². The second kappa shape index (κ2) is 17.5. The number of hydrogen-bond acceptors (Lipinski definition) is 9. The van der Waals surface area contributed by atoms with Gasteiger partial charge >= 0.3 is 5.97 Å². The molecule has 4 heterocycles. The first kappa shape index (κ1) is 39.6. The Morgan fingerprint density at radius 3 is 2.48 bits per heavy atom. The van der Waals surface area contributed by atoms with Crippen molar-refractivity contribution < 1.29 is 38.5 Å². The molecule has 0 saturated carbocycles. The molecule has 4 fully saturated rings. The number of morpholine rings is 1. The lowest BCUT2D eigenvalue weighted by Crippen LogP contribution is -2.60. The molecule has 4 saturated heterocycles. The largest absolute Gasteiger partial charge is 0.455 e. The van der Waals surface area contributed by atoms with Crippen LogP contribution in [0.25, 0.3) is 0 Å². The van der Waals surface area contributed by atoms with Crippen LogP contribution in [0.4, 0.5) is 0 Å². The van der Waals surface area contributed by atoms with Crippen LogP contribution in [0.1, 0.15) is 64.5 Å². The van der Waals surface area contributed by atoms with Gasteiger partial charge in [-0.15, -0.1) is 13.2 Å². The van der Waals surface area contributed by atoms with Crippen LogP contribution in [-0.2, 0) is 33.4 Å². The monoisotopic (exact) mass is 722 g/mol. The molecule has 0 unspecified atom stereocenters. The summed E-state index contributed by atoms with van der Waals surface area (Å²) in [6.07, 6.45) is 4.32. The van der Waals surface area contributed by atoms with Gasteiger partial charge in [-0.3, -0.25) is 24.1 Å². The van der Waals surface area contributed by atoms with Gasteiger partial charge < -0.3 is 34.0 Å². The van der Waals surface area contributed by atoms with Gasteiger partial charge in [-0.25, -0.2) is 0 Å². The summed E-state index contributed by atoms with van der Waals surface area (Å²) in [5.74, 6) is -3.38. The first-order chi connectivity index (χ1) is 25.0. The number of aliphatic hydroxyl groups excluding tert-OH is 1. The predicted molar refractivity (Wildman–Crippen MR) is 196 cm³/mol. The lowest BCUT2D eigenvalue weighted by atomic mass is 9.70. The molecule has 52 heavy (non-hydrogen) atoms. The van der Waals surface area contributed by atoms with Crippen molar-refractivity contribution >= 4 is 23.7 Å². The Balaban J connectivity index is 1.48. The highest BCUT2D eigenvalue weighted by Gasteiger charge is 2.76. The van der Waals surface area contributed by atoms with E-state index >= 15 is 0 Å². The summed E-state index contributed by atoms with van der Waals surface area (Å²) >= 11 is 0. The molecule has 0 aliphatic carbocycles. The van der Waals surface area contributed by atoms with Crippen LogP contribution in [0.3, 0.4) is 0 Å². The van der Waals surface area contributed by atoms with Gasteiger partial charge in [0.25, 0.3) is 0 Å². The van der Waals surface area contributed by atoms with E-state index in [0.29, 0.717) is 52.0 Å². The third-order valence-electron chi connectivity index (χ3n) is 11.9. The van der Waals surface area contributed by atoms with Crippen molar-refractivity contribution in [1.82, 2.24) is 19.6 Å². The number of benzene rings is 1. The van der Waals surface area contributed by atoms with E-state index in [4.69, 9.17) is 14.2 Å². The van der Waals surface area contributed by atoms with Gasteiger partial charge in [-0.05, 0) is 37.7 Å². The Morgan fingerprint density at radius 1 is 1.13 bits per heavy atom. The number of amides is 3. The van der Waals surface area contributed by atoms with Crippen molar-refractivity contribution in [2.75, 3.05) is 59.6 Å². The number of hydrogen-bond donors (Lipinski definition) is 1. The van der Waals surface area contributed by atoms with Crippen LogP contribution in [0.5, 0.6) is 0 Å². The number of likely N-dealkylation sites (tertiary alicyclic amines) is 1. The number of carbonyl (C=O) groups excluding carboxylic acids is 4. The molecule has 9 atom stereocenters. The third kappa shape index (κ3) is 7.71. The van der Waals surface area contributed by atoms with E-state index < -0.39 is 53.7 Å². The minimum atomic E-state index is -1.26. The zero-order valence-corrected chi connectivity index (χ0v) is 31.4. The topological polar surface area (TPSA) is 129 Å². The fraction of sp³-hybridized carbons (Fsp3) is 0.650. The SMILES string of the molecule is C=CCCC(=O)N(C)[C@H](C)[C@H](OC(=O)[C@@H]1[C@H]2C(=O)N([C@@H](CO)[C@@H](C)CC)[C@H](C(=O)N(CC=C)CCN3CCOCC3)[C@]23CC[C@H]1O3)c1ccccc1. The Kier molecular flexibility index (Phi) is 13.3. The van der Waals surface area contributed by atoms with Gasteiger partial charge in [0.05, 0.1) is 49.8 Å². The van der Waals surface area contributed by atoms with Crippen molar-refractivity contribution in [2.24, 2.45) is 17.8 Å². The number of esters is 1. The lowest BCUT2D eigenvalue weighted by Gasteiger charge is -2.41. The summed E-state index contributed by atoms with van der Waals surface area (Å²) in [5.41, 5.74) is -0.539. The number of nitrogens with zero attached hydrogens (tertiary/aromatic N) is 4. The fourth-order valence-corrected chi connectivity index (χ4v) is 8.64. The second-order valence-electron chi connectivity index (χ2n) is 14.8. The number of likely N-dealkylation sites (N-methyl/N-ethyl adjacent to an activating group) is 1. The number of aliphatic hydroxyl groups is 1. The smallest absolute Gasteiger partial charge is 0.313 e. The molecule has 1 aromatic rings. The highest BCUT2D eigenvalue weighted by atomic mass is 16.6. The van der Waals surface area contributed by atoms with Crippen molar-refractivity contribution in [3.63, 3.8) is 0 Å². The van der Waals surface area contributed by atoms with E-state index in [1.54, 1.807) is 33.9 Å². The summed E-state index contributed by atoms with van der Waals surface area (Å²) in [6.45, 7) is 17.2. The van der Waals surface area contributed by atoms with E-state index in [0.717, 1.165) is 18.7 Å². The Morgan fingerprint density at radius 2 is 1.85 bits per heavy atom. The maximum Gasteiger partial charge on any atom is 0.313 e. The highest BCUT2D eigenvalue weighted by Crippen LogP contribution is 2.59. The second-order valence-corrected chi connectivity index (χ2v) is 14.8. The zero-order valence-electron chi connectivity index (χ0n) is 31.4. The van der Waals surface area contributed by atoms with E-state index in [2.05, 4.69) is 18.1 Å². The van der Waals surface area contributed by atoms with Crippen molar-refractivity contribution in [3.05, 3.63) is 61.2 Å². The first-order valence-electron chi connectivity index (χ1n) is 19.0. The predicted octanol–water partition coefficient (Wildman–Crippen LogP) is 3.21. The van der Waals surface area contributed by atoms with Crippen LogP contribution in [-0.4, -0.2) is 138 Å². The van der Waals surface area contributed by atoms with Gasteiger partial charge in [0.2, 0.25) is 17.7 Å². The molecule has 2 bridgehead atoms. The summed E-state index contributed by atoms with van der Waals surface area (Å²) in [7, 11) is 1.70. The van der Waals surface area contributed by atoms with E-state index in [1.807, 2.05) is 51.1 Å². The molecule has 1 N–H and O–H groups in total. The standard InChI is InChI=1S/C40H58N4O8/c1-7-10-16-32(46)41(6)28(5)35(29-14-12-11-13-15-29)51-39(49)33-31-17-18-40(52-31)34(33)37(47)44(30(26-45)27(4)9-3)36(40)38(48)43(19-8-2)21-20-42-22-24-50-25-23-42/h7-8,11-15,27-28,30-31,33-36,45H,1-2,9-10,16-26H2,3-6H3/t27-,28+,30-,31+,33-,34-,35-,36+,40-/m0/s1. The van der Waals surface area contributed by atoms with Crippen LogP contribution >= 0.6 is 0 Å². The van der Waals surface area contributed by atoms with Crippen LogP contribution in [0.2, 0.25) is 0 Å². The van der Waals surface area contributed by atoms with Gasteiger partial charge in [0, 0.05) is 46.2 Å². The van der Waals surface area contributed by atoms with Gasteiger partial charge in [-0.2, -0.15) is 0 Å². The van der Waals surface area contributed by atoms with Crippen molar-refractivity contribution in [2.45, 2.75) is 88.8 Å². The fourth-order valence-electron chi connectivity index (χ4n) is 8.64. The molecule has 5 rings (SSSR count). The summed E-state index contributed by atoms with van der Waals surface area (Å²) in [5, 5.41) is 10.8. The molecule has 1 aromatic carbocycles. The number of rotatable bonds is 18. The van der Waals surface area contributed by atoms with Crippen LogP contribution in [0, 0.1) is 17.8 Å². The molecule has 1 spiro atoms. The van der Waals surface area contributed by atoms with E-state index in [9.17, 15) is 24.3 Å². The Labute approximate surface area is 308 Å². The molecule has 4 aliphatic rings. The molecule has 4 aliphatic heterocycles. The molecule has 12 nitrogen and oxygen atoms in total. The molecule has 3 amide bonds. The first-order valence-corrected chi connectivity index (χ1v) is 19.0. The van der Waals surface area contributed by atoms with Crippen molar-refractivity contribution in [3.8, 4) is 0 Å². The number of ether oxygens (including phenoxy) is 3. The normalized spacial score (nSPS) is 27.7. The number of carbonyl (C=O) groups is 4. The van der Waals surface area contributed by atoms with Gasteiger partial charge in [0.1, 0.15) is 17.7 Å².